The molecule has 0 bridgehead atoms. The molecule has 4 nitrogen and oxygen atoms in total. The van der Waals surface area contributed by atoms with Crippen molar-refractivity contribution in [2.24, 2.45) is 0 Å². The van der Waals surface area contributed by atoms with Crippen molar-refractivity contribution in [3.05, 3.63) is 96.1 Å². The van der Waals surface area contributed by atoms with Gasteiger partial charge in [0.05, 0.1) is 0 Å². The van der Waals surface area contributed by atoms with Crippen molar-refractivity contribution in [1.82, 2.24) is 4.81 Å². The van der Waals surface area contributed by atoms with E-state index in [0.29, 0.717) is 0 Å². The van der Waals surface area contributed by atoms with Gasteiger partial charge in [0.1, 0.15) is 0 Å². The van der Waals surface area contributed by atoms with Crippen molar-refractivity contribution in [2.45, 2.75) is 104 Å². The molecule has 0 radical (unpaired) electrons. The van der Waals surface area contributed by atoms with E-state index < -0.39 is 31.6 Å². The minimum atomic E-state index is -2.93. The van der Waals surface area contributed by atoms with E-state index in [-0.39, 0.29) is 5.54 Å². The number of benzene rings is 3. The van der Waals surface area contributed by atoms with Gasteiger partial charge < -0.3 is 0 Å². The fourth-order valence-electron chi connectivity index (χ4n) is 7.40. The van der Waals surface area contributed by atoms with Gasteiger partial charge in [-0.2, -0.15) is 0 Å². The number of nitrogens with zero attached hydrogens (tertiary/aromatic N) is 1. The molecule has 0 amide bonds. The van der Waals surface area contributed by atoms with Crippen LogP contribution in [-0.2, 0) is 10.3 Å². The van der Waals surface area contributed by atoms with Crippen LogP contribution in [0.2, 0.25) is 13.3 Å². The molecular weight excluding hydrogens is 624 g/mol. The molecule has 2 fully saturated rings. The summed E-state index contributed by atoms with van der Waals surface area (Å²) in [5.41, 5.74) is 1.46. The molecule has 1 atom stereocenters. The monoisotopic (exact) mass is 675 g/mol. The molecule has 0 spiro atoms. The van der Waals surface area contributed by atoms with Crippen LogP contribution in [0.1, 0.15) is 90.2 Å². The van der Waals surface area contributed by atoms with E-state index in [1.54, 1.807) is 0 Å². The number of para-hydroxylation sites is 2. The van der Waals surface area contributed by atoms with Crippen LogP contribution in [-0.4, -0.2) is 42.9 Å². The van der Waals surface area contributed by atoms with Gasteiger partial charge >= 0.3 is 261 Å². The Morgan fingerprint density at radius 3 is 1.76 bits per heavy atom. The Labute approximate surface area is 259 Å². The second-order valence-corrected chi connectivity index (χ2v) is 24.2. The second kappa shape index (κ2) is 14.2. The summed E-state index contributed by atoms with van der Waals surface area (Å²) in [6, 6.07) is 29.9. The number of hydrogen-bond donors (Lipinski definition) is 0. The van der Waals surface area contributed by atoms with E-state index in [1.165, 1.54) is 63.0 Å². The van der Waals surface area contributed by atoms with E-state index in [4.69, 9.17) is 12.4 Å². The van der Waals surface area contributed by atoms with E-state index in [9.17, 15) is 0 Å². The first-order chi connectivity index (χ1) is 20.5. The average molecular weight is 674 g/mol. The number of unbranched alkanes of at least 4 members (excludes halogenated alkanes) is 3. The van der Waals surface area contributed by atoms with E-state index >= 15 is 0 Å². The molecule has 42 heavy (non-hydrogen) atoms. The van der Waals surface area contributed by atoms with Crippen molar-refractivity contribution in [2.75, 3.05) is 6.54 Å². The summed E-state index contributed by atoms with van der Waals surface area (Å²) in [6.07, 6.45) is 9.63. The summed E-state index contributed by atoms with van der Waals surface area (Å²) in [7, 11) is -0.505. The molecule has 2 aliphatic rings. The number of rotatable bonds is 15. The first-order valence-electron chi connectivity index (χ1n) is 16.5. The SMILES string of the molecule is CCC[CH2][Sn]([CH2]CCC)([CH2]CCC)[O]c1ccccc1OB1OC(c2ccccc2)(c2ccccc2)[C@]2(C)CCCN12. The Kier molecular flexibility index (Phi) is 10.7. The van der Waals surface area contributed by atoms with E-state index in [1.807, 2.05) is 0 Å². The molecule has 2 saturated heterocycles. The molecular formula is C36H50BNO3Sn. The van der Waals surface area contributed by atoms with Crippen LogP contribution < -0.4 is 7.73 Å². The molecule has 6 heteroatoms. The van der Waals surface area contributed by atoms with Crippen LogP contribution in [0.25, 0.3) is 0 Å². The molecule has 0 N–H and O–H groups in total. The third-order valence-corrected chi connectivity index (χ3v) is 22.4. The van der Waals surface area contributed by atoms with Gasteiger partial charge in [-0.05, 0) is 0 Å². The van der Waals surface area contributed by atoms with Crippen LogP contribution in [0.4, 0.5) is 0 Å². The Morgan fingerprint density at radius 2 is 1.24 bits per heavy atom. The van der Waals surface area contributed by atoms with Gasteiger partial charge in [0.25, 0.3) is 0 Å². The Hall–Kier alpha value is -1.96. The van der Waals surface area contributed by atoms with Crippen LogP contribution in [0.3, 0.4) is 0 Å². The van der Waals surface area contributed by atoms with Gasteiger partial charge in [0.15, 0.2) is 0 Å². The van der Waals surface area contributed by atoms with E-state index in [2.05, 4.69) is 117 Å². The molecule has 3 aromatic carbocycles. The van der Waals surface area contributed by atoms with Crippen molar-refractivity contribution < 1.29 is 12.4 Å². The fraction of sp³-hybridized carbons (Fsp3) is 0.500. The zero-order valence-electron chi connectivity index (χ0n) is 26.3. The number of hydrogen-bond acceptors (Lipinski definition) is 4. The normalized spacial score (nSPS) is 20.0. The molecule has 0 aromatic heterocycles. The van der Waals surface area contributed by atoms with Gasteiger partial charge in [-0.1, -0.05) is 0 Å². The summed E-state index contributed by atoms with van der Waals surface area (Å²) in [4.78, 5) is 2.46. The summed E-state index contributed by atoms with van der Waals surface area (Å²) < 4.78 is 25.4. The quantitative estimate of drug-likeness (QED) is 0.150. The first-order valence-corrected chi connectivity index (χ1v) is 23.7. The summed E-state index contributed by atoms with van der Waals surface area (Å²) in [6.45, 7) is 10.2. The van der Waals surface area contributed by atoms with Gasteiger partial charge in [-0.3, -0.25) is 0 Å². The Bertz CT molecular complexity index is 1200. The second-order valence-electron chi connectivity index (χ2n) is 12.6. The van der Waals surface area contributed by atoms with E-state index in [0.717, 1.165) is 30.9 Å². The van der Waals surface area contributed by atoms with Crippen molar-refractivity contribution in [3.63, 3.8) is 0 Å². The van der Waals surface area contributed by atoms with Crippen molar-refractivity contribution >= 4 is 26.0 Å². The molecule has 2 heterocycles. The van der Waals surface area contributed by atoms with Crippen LogP contribution in [0.5, 0.6) is 11.5 Å². The fourth-order valence-corrected chi connectivity index (χ4v) is 20.8. The summed E-state index contributed by atoms with van der Waals surface area (Å²) >= 11 is -2.93. The van der Waals surface area contributed by atoms with Gasteiger partial charge in [-0.25, -0.2) is 0 Å². The third-order valence-electron chi connectivity index (χ3n) is 9.71. The standard InChI is InChI=1S/C24H24BNO3.3C4H9.Sn/c1-23-17-10-18-26(23)25(28-22-16-9-8-15-21(22)27)29-24(23,19-11-4-2-5-12-19)20-13-6-3-7-14-20;3*1-3-4-2;/h2-9,11-16,27H,10,17-18H2,1H3;3*1,3-4H2,2H3;/q;;;;+1/p-1/t23-;;;;/m0..../s1. The van der Waals surface area contributed by atoms with Gasteiger partial charge in [-0.15, -0.1) is 0 Å². The van der Waals surface area contributed by atoms with Gasteiger partial charge in [0.2, 0.25) is 0 Å². The number of fused-ring (bicyclic) bond motifs is 1. The molecule has 0 unspecified atom stereocenters. The summed E-state index contributed by atoms with van der Waals surface area (Å²) in [5, 5.41) is 0. The van der Waals surface area contributed by atoms with Crippen molar-refractivity contribution in [1.29, 1.82) is 0 Å². The maximum absolute atomic E-state index is 7.32. The molecule has 0 saturated carbocycles. The Balaban J connectivity index is 1.51. The van der Waals surface area contributed by atoms with Crippen LogP contribution in [0, 0.1) is 0 Å². The topological polar surface area (TPSA) is 30.9 Å². The summed E-state index contributed by atoms with van der Waals surface area (Å²) in [5.74, 6) is 1.75. The molecule has 5 rings (SSSR count). The molecule has 0 aliphatic carbocycles. The Morgan fingerprint density at radius 1 is 0.738 bits per heavy atom. The van der Waals surface area contributed by atoms with Crippen LogP contribution in [0.15, 0.2) is 84.9 Å². The van der Waals surface area contributed by atoms with Gasteiger partial charge in [0, 0.05) is 0 Å². The molecule has 3 aromatic rings. The predicted molar refractivity (Wildman–Crippen MR) is 177 cm³/mol. The zero-order valence-corrected chi connectivity index (χ0v) is 29.2. The first kappa shape index (κ1) is 31.5. The van der Waals surface area contributed by atoms with Crippen molar-refractivity contribution in [3.8, 4) is 11.5 Å². The maximum atomic E-state index is 7.32. The predicted octanol–water partition coefficient (Wildman–Crippen LogP) is 9.60. The molecule has 2 aliphatic heterocycles. The third kappa shape index (κ3) is 6.16. The molecule has 224 valence electrons. The average Bonchev–Trinajstić information content (AvgIpc) is 3.54. The minimum absolute atomic E-state index is 0.247. The van der Waals surface area contributed by atoms with Crippen LogP contribution >= 0.6 is 0 Å². The zero-order chi connectivity index (χ0) is 29.5.